The molecule has 0 aliphatic carbocycles. The lowest BCUT2D eigenvalue weighted by Gasteiger charge is -2.37. The largest absolute Gasteiger partial charge is 0.398 e. The van der Waals surface area contributed by atoms with Crippen molar-refractivity contribution in [2.75, 3.05) is 0 Å². The summed E-state index contributed by atoms with van der Waals surface area (Å²) in [5.41, 5.74) is -1.25. The van der Waals surface area contributed by atoms with Crippen molar-refractivity contribution in [3.05, 3.63) is 34.6 Å². The summed E-state index contributed by atoms with van der Waals surface area (Å²) >= 11 is 0. The van der Waals surface area contributed by atoms with Crippen LogP contribution in [0.4, 0.5) is 22.0 Å². The van der Waals surface area contributed by atoms with Gasteiger partial charge in [0.25, 0.3) is 0 Å². The van der Waals surface area contributed by atoms with E-state index < -0.39 is 54.1 Å². The van der Waals surface area contributed by atoms with Gasteiger partial charge in [-0.1, -0.05) is 20.8 Å². The van der Waals surface area contributed by atoms with E-state index in [0.29, 0.717) is 0 Å². The molecular weight excluding hydrogens is 321 g/mol. The zero-order valence-electron chi connectivity index (χ0n) is 12.8. The van der Waals surface area contributed by atoms with E-state index in [4.69, 9.17) is 9.69 Å². The van der Waals surface area contributed by atoms with Crippen LogP contribution < -0.4 is 0 Å². The Labute approximate surface area is 126 Å². The van der Waals surface area contributed by atoms with E-state index in [1.165, 1.54) is 6.07 Å². The van der Waals surface area contributed by atoms with Gasteiger partial charge in [0, 0.05) is 0 Å². The van der Waals surface area contributed by atoms with Crippen LogP contribution in [-0.2, 0) is 4.43 Å². The Hall–Kier alpha value is -1.46. The third-order valence-corrected chi connectivity index (χ3v) is 8.28. The molecule has 1 aromatic carbocycles. The molecule has 0 saturated heterocycles. The fraction of sp³-hybridized carbons (Fsp3) is 0.500. The molecule has 0 bridgehead atoms. The van der Waals surface area contributed by atoms with Gasteiger partial charge in [-0.05, 0) is 18.1 Å². The predicted octanol–water partition coefficient (Wildman–Crippen LogP) is 4.97. The molecule has 22 heavy (non-hydrogen) atoms. The van der Waals surface area contributed by atoms with Gasteiger partial charge in [0.1, 0.15) is 0 Å². The number of benzene rings is 1. The molecule has 122 valence electrons. The van der Waals surface area contributed by atoms with Gasteiger partial charge in [-0.15, -0.1) is 0 Å². The van der Waals surface area contributed by atoms with Crippen LogP contribution in [0.1, 0.15) is 32.4 Å². The Kier molecular flexibility index (Phi) is 5.04. The summed E-state index contributed by atoms with van der Waals surface area (Å²) in [6, 6.07) is 1.48. The maximum atomic E-state index is 13.8. The first-order valence-electron chi connectivity index (χ1n) is 6.44. The first kappa shape index (κ1) is 18.6. The van der Waals surface area contributed by atoms with E-state index in [-0.39, 0.29) is 0 Å². The molecule has 0 saturated carbocycles. The highest BCUT2D eigenvalue weighted by molar-refractivity contribution is 6.74. The van der Waals surface area contributed by atoms with Gasteiger partial charge in [-0.25, -0.2) is 22.0 Å². The van der Waals surface area contributed by atoms with E-state index in [0.717, 1.165) is 0 Å². The molecule has 0 aliphatic heterocycles. The van der Waals surface area contributed by atoms with E-state index in [9.17, 15) is 22.0 Å². The molecule has 0 aromatic heterocycles. The quantitative estimate of drug-likeness (QED) is 0.338. The fourth-order valence-electron chi connectivity index (χ4n) is 1.47. The van der Waals surface area contributed by atoms with Crippen molar-refractivity contribution in [1.82, 2.24) is 0 Å². The second kappa shape index (κ2) is 5.97. The molecule has 0 heterocycles. The molecule has 0 aliphatic rings. The van der Waals surface area contributed by atoms with Gasteiger partial charge in [-0.3, -0.25) is 0 Å². The Morgan fingerprint density at radius 2 is 1.27 bits per heavy atom. The van der Waals surface area contributed by atoms with Crippen molar-refractivity contribution in [2.45, 2.75) is 45.0 Å². The Balaban J connectivity index is 3.44. The molecule has 0 unspecified atom stereocenters. The lowest BCUT2D eigenvalue weighted by Crippen LogP contribution is -2.42. The highest BCUT2D eigenvalue weighted by Gasteiger charge is 2.41. The molecule has 0 spiro atoms. The van der Waals surface area contributed by atoms with Crippen LogP contribution in [0.2, 0.25) is 18.1 Å². The van der Waals surface area contributed by atoms with Crippen molar-refractivity contribution in [2.24, 2.45) is 0 Å². The van der Waals surface area contributed by atoms with Crippen LogP contribution in [-0.4, -0.2) is 8.32 Å². The van der Waals surface area contributed by atoms with E-state index in [1.807, 2.05) is 20.8 Å². The summed E-state index contributed by atoms with van der Waals surface area (Å²) in [4.78, 5) is 0. The molecule has 8 heteroatoms. The minimum absolute atomic E-state index is 0.411. The van der Waals surface area contributed by atoms with Crippen LogP contribution in [0.25, 0.3) is 0 Å². The van der Waals surface area contributed by atoms with Crippen LogP contribution >= 0.6 is 0 Å². The zero-order chi connectivity index (χ0) is 17.5. The summed E-state index contributed by atoms with van der Waals surface area (Å²) in [5, 5.41) is 8.67. The molecule has 0 amide bonds. The van der Waals surface area contributed by atoms with Crippen LogP contribution in [0.15, 0.2) is 0 Å². The fourth-order valence-corrected chi connectivity index (χ4v) is 2.59. The minimum atomic E-state index is -2.66. The molecule has 0 fully saturated rings. The van der Waals surface area contributed by atoms with Crippen molar-refractivity contribution in [1.29, 1.82) is 5.26 Å². The van der Waals surface area contributed by atoms with Gasteiger partial charge in [0.2, 0.25) is 5.82 Å². The second-order valence-electron chi connectivity index (χ2n) is 6.37. The van der Waals surface area contributed by atoms with Gasteiger partial charge < -0.3 is 4.43 Å². The average molecular weight is 337 g/mol. The first-order chi connectivity index (χ1) is 9.85. The summed E-state index contributed by atoms with van der Waals surface area (Å²) in [6.07, 6.45) is -1.87. The van der Waals surface area contributed by atoms with Crippen molar-refractivity contribution >= 4 is 8.32 Å². The lowest BCUT2D eigenvalue weighted by molar-refractivity contribution is 0.219. The summed E-state index contributed by atoms with van der Waals surface area (Å²) in [5.74, 6) is -10.5. The predicted molar refractivity (Wildman–Crippen MR) is 72.9 cm³/mol. The number of nitrogens with zero attached hydrogens (tertiary/aromatic N) is 1. The van der Waals surface area contributed by atoms with Crippen LogP contribution in [0.3, 0.4) is 0 Å². The molecule has 0 radical (unpaired) electrons. The number of rotatable bonds is 3. The van der Waals surface area contributed by atoms with Gasteiger partial charge in [-0.2, -0.15) is 5.26 Å². The maximum absolute atomic E-state index is 13.8. The van der Waals surface area contributed by atoms with Gasteiger partial charge >= 0.3 is 0 Å². The summed E-state index contributed by atoms with van der Waals surface area (Å²) in [6.45, 7) is 8.83. The molecule has 2 nitrogen and oxygen atoms in total. The smallest absolute Gasteiger partial charge is 0.200 e. The molecule has 1 aromatic rings. The number of hydrogen-bond acceptors (Lipinski definition) is 2. The van der Waals surface area contributed by atoms with E-state index in [2.05, 4.69) is 0 Å². The van der Waals surface area contributed by atoms with Crippen molar-refractivity contribution in [3.63, 3.8) is 0 Å². The normalized spacial score (nSPS) is 13.9. The van der Waals surface area contributed by atoms with E-state index >= 15 is 0 Å². The lowest BCUT2D eigenvalue weighted by atomic mass is 10.1. The monoisotopic (exact) mass is 337 g/mol. The highest BCUT2D eigenvalue weighted by atomic mass is 28.4. The minimum Gasteiger partial charge on any atom is -0.398 e. The van der Waals surface area contributed by atoms with Crippen molar-refractivity contribution < 1.29 is 26.4 Å². The average Bonchev–Trinajstić information content (AvgIpc) is 2.40. The van der Waals surface area contributed by atoms with Crippen molar-refractivity contribution in [3.8, 4) is 6.07 Å². The number of nitriles is 1. The van der Waals surface area contributed by atoms with Crippen LogP contribution in [0.5, 0.6) is 0 Å². The highest BCUT2D eigenvalue weighted by Crippen LogP contribution is 2.40. The molecular formula is C14H16F5NOSi. The SMILES string of the molecule is CC(C)(C)[Si](C)(C)O[C@H](C#N)c1c(F)c(F)c(F)c(F)c1F. The summed E-state index contributed by atoms with van der Waals surface area (Å²) < 4.78 is 72.6. The summed E-state index contributed by atoms with van der Waals surface area (Å²) in [7, 11) is -2.66. The van der Waals surface area contributed by atoms with Gasteiger partial charge in [0.05, 0.1) is 11.6 Å². The second-order valence-corrected chi connectivity index (χ2v) is 11.1. The topological polar surface area (TPSA) is 33.0 Å². The first-order valence-corrected chi connectivity index (χ1v) is 9.34. The van der Waals surface area contributed by atoms with Gasteiger partial charge in [0.15, 0.2) is 37.7 Å². The Morgan fingerprint density at radius 3 is 1.59 bits per heavy atom. The molecule has 1 rings (SSSR count). The zero-order valence-corrected chi connectivity index (χ0v) is 13.8. The third kappa shape index (κ3) is 3.15. The standard InChI is InChI=1S/C14H16F5NOSi/c1-14(2,3)22(4,5)21-7(6-20)8-9(15)11(17)13(19)12(18)10(8)16/h7H,1-5H3/t7-/m1/s1. The van der Waals surface area contributed by atoms with Crippen LogP contribution in [0, 0.1) is 40.4 Å². The maximum Gasteiger partial charge on any atom is 0.200 e. The third-order valence-electron chi connectivity index (χ3n) is 3.84. The molecule has 1 atom stereocenters. The number of halogens is 5. The Morgan fingerprint density at radius 1 is 0.909 bits per heavy atom. The molecule has 0 N–H and O–H groups in total. The Bertz CT molecular complexity index is 605. The van der Waals surface area contributed by atoms with E-state index in [1.54, 1.807) is 13.1 Å². The number of hydrogen-bond donors (Lipinski definition) is 0.